The van der Waals surface area contributed by atoms with E-state index in [4.69, 9.17) is 28.6 Å². The van der Waals surface area contributed by atoms with E-state index in [1.54, 1.807) is 7.11 Å². The van der Waals surface area contributed by atoms with Gasteiger partial charge in [0.15, 0.2) is 5.11 Å². The summed E-state index contributed by atoms with van der Waals surface area (Å²) in [5.41, 5.74) is 0.824. The van der Waals surface area contributed by atoms with E-state index in [-0.39, 0.29) is 0 Å². The van der Waals surface area contributed by atoms with Gasteiger partial charge in [0.05, 0.1) is 12.8 Å². The van der Waals surface area contributed by atoms with Crippen LogP contribution in [0.2, 0.25) is 5.02 Å². The zero-order chi connectivity index (χ0) is 17.8. The van der Waals surface area contributed by atoms with Gasteiger partial charge in [-0.25, -0.2) is 0 Å². The monoisotopic (exact) mass is 381 g/mol. The summed E-state index contributed by atoms with van der Waals surface area (Å²) < 4.78 is 5.39. The molecule has 0 spiro atoms. The van der Waals surface area contributed by atoms with E-state index >= 15 is 0 Å². The van der Waals surface area contributed by atoms with Crippen molar-refractivity contribution in [2.24, 2.45) is 0 Å². The molecule has 1 saturated heterocycles. The van der Waals surface area contributed by atoms with Crippen molar-refractivity contribution in [3.63, 3.8) is 0 Å². The lowest BCUT2D eigenvalue weighted by atomic mass is 10.0. The van der Waals surface area contributed by atoms with Crippen molar-refractivity contribution in [1.29, 1.82) is 0 Å². The van der Waals surface area contributed by atoms with Gasteiger partial charge in [0.1, 0.15) is 5.75 Å². The van der Waals surface area contributed by atoms with E-state index in [9.17, 15) is 0 Å². The maximum Gasteiger partial charge on any atom is 0.173 e. The van der Waals surface area contributed by atoms with Crippen LogP contribution in [0.25, 0.3) is 0 Å². The van der Waals surface area contributed by atoms with E-state index in [2.05, 4.69) is 22.2 Å². The second kappa shape index (κ2) is 8.56. The van der Waals surface area contributed by atoms with Crippen molar-refractivity contribution in [3.05, 3.63) is 23.2 Å². The number of ether oxygens (including phenoxy) is 1. The maximum absolute atomic E-state index is 6.10. The van der Waals surface area contributed by atoms with Crippen LogP contribution in [0.3, 0.4) is 0 Å². The van der Waals surface area contributed by atoms with Crippen LogP contribution in [0, 0.1) is 0 Å². The molecular weight excluding hydrogens is 354 g/mol. The Hall–Kier alpha value is -1.04. The number of thiocarbonyl (C=S) groups is 1. The number of methoxy groups -OCH3 is 1. The number of rotatable bonds is 4. The molecule has 1 saturated carbocycles. The maximum atomic E-state index is 6.10. The molecule has 1 aromatic carbocycles. The van der Waals surface area contributed by atoms with Crippen LogP contribution >= 0.6 is 23.8 Å². The number of piperidine rings is 1. The number of halogens is 1. The molecule has 0 bridgehead atoms. The number of anilines is 1. The zero-order valence-electron chi connectivity index (χ0n) is 15.1. The summed E-state index contributed by atoms with van der Waals surface area (Å²) in [6, 6.07) is 7.00. The molecule has 0 radical (unpaired) electrons. The molecule has 0 unspecified atom stereocenters. The lowest BCUT2D eigenvalue weighted by Gasteiger charge is -2.40. The van der Waals surface area contributed by atoms with Gasteiger partial charge in [-0.05, 0) is 63.1 Å². The molecule has 3 rings (SSSR count). The number of hydrogen-bond acceptors (Lipinski definition) is 3. The minimum absolute atomic E-state index is 0.669. The molecule has 0 atom stereocenters. The summed E-state index contributed by atoms with van der Waals surface area (Å²) in [6.45, 7) is 1.99. The van der Waals surface area contributed by atoms with E-state index in [1.807, 2.05) is 18.2 Å². The van der Waals surface area contributed by atoms with Gasteiger partial charge in [0.2, 0.25) is 0 Å². The van der Waals surface area contributed by atoms with Gasteiger partial charge in [-0.15, -0.1) is 0 Å². The fourth-order valence-electron chi connectivity index (χ4n) is 4.06. The molecular formula is C19H28ClN3OS. The second-order valence-corrected chi connectivity index (χ2v) is 7.92. The lowest BCUT2D eigenvalue weighted by Crippen LogP contribution is -2.48. The van der Waals surface area contributed by atoms with Gasteiger partial charge in [-0.2, -0.15) is 0 Å². The van der Waals surface area contributed by atoms with Crippen LogP contribution in [0.5, 0.6) is 5.75 Å². The van der Waals surface area contributed by atoms with Crippen LogP contribution in [0.4, 0.5) is 5.69 Å². The predicted molar refractivity (Wildman–Crippen MR) is 109 cm³/mol. The molecule has 1 heterocycles. The van der Waals surface area contributed by atoms with Crippen molar-refractivity contribution in [2.45, 2.75) is 50.6 Å². The standard InChI is InChI=1S/C19H28ClN3OS/c1-22(15-5-3-4-6-15)16-9-11-23(12-10-16)19(25)21-17-13-14(20)7-8-18(17)24-2/h7-8,13,15-16H,3-6,9-12H2,1-2H3,(H,21,25). The SMILES string of the molecule is COc1ccc(Cl)cc1NC(=S)N1CCC(N(C)C2CCCC2)CC1. The number of likely N-dealkylation sites (tertiary alicyclic amines) is 1. The summed E-state index contributed by atoms with van der Waals surface area (Å²) in [5.74, 6) is 0.752. The van der Waals surface area contributed by atoms with E-state index in [0.29, 0.717) is 11.1 Å². The van der Waals surface area contributed by atoms with Gasteiger partial charge >= 0.3 is 0 Å². The van der Waals surface area contributed by atoms with Crippen LogP contribution in [0.1, 0.15) is 38.5 Å². The fourth-order valence-corrected chi connectivity index (χ4v) is 4.52. The van der Waals surface area contributed by atoms with E-state index in [1.165, 1.54) is 38.5 Å². The molecule has 4 nitrogen and oxygen atoms in total. The third-order valence-corrected chi connectivity index (χ3v) is 6.23. The summed E-state index contributed by atoms with van der Waals surface area (Å²) in [4.78, 5) is 4.88. The Morgan fingerprint density at radius 2 is 1.84 bits per heavy atom. The highest BCUT2D eigenvalue weighted by atomic mass is 35.5. The zero-order valence-corrected chi connectivity index (χ0v) is 16.7. The third-order valence-electron chi connectivity index (χ3n) is 5.63. The topological polar surface area (TPSA) is 27.7 Å². The number of hydrogen-bond donors (Lipinski definition) is 1. The Kier molecular flexibility index (Phi) is 6.42. The van der Waals surface area contributed by atoms with Crippen LogP contribution in [-0.4, -0.2) is 54.2 Å². The van der Waals surface area contributed by atoms with Crippen molar-refractivity contribution in [3.8, 4) is 5.75 Å². The van der Waals surface area contributed by atoms with Crippen LogP contribution in [-0.2, 0) is 0 Å². The highest BCUT2D eigenvalue weighted by Gasteiger charge is 2.29. The molecule has 6 heteroatoms. The number of nitrogens with one attached hydrogen (secondary N) is 1. The van der Waals surface area contributed by atoms with Crippen LogP contribution in [0.15, 0.2) is 18.2 Å². The molecule has 138 valence electrons. The first-order valence-electron chi connectivity index (χ1n) is 9.20. The average molecular weight is 382 g/mol. The quantitative estimate of drug-likeness (QED) is 0.781. The van der Waals surface area contributed by atoms with Crippen molar-refractivity contribution in [2.75, 3.05) is 32.6 Å². The molecule has 1 aliphatic heterocycles. The first-order valence-corrected chi connectivity index (χ1v) is 9.98. The van der Waals surface area contributed by atoms with Gasteiger partial charge in [0.25, 0.3) is 0 Å². The van der Waals surface area contributed by atoms with Gasteiger partial charge in [-0.1, -0.05) is 24.4 Å². The number of benzene rings is 1. The smallest absolute Gasteiger partial charge is 0.173 e. The lowest BCUT2D eigenvalue weighted by molar-refractivity contribution is 0.122. The molecule has 0 aromatic heterocycles. The fraction of sp³-hybridized carbons (Fsp3) is 0.632. The highest BCUT2D eigenvalue weighted by Crippen LogP contribution is 2.29. The Labute approximate surface area is 161 Å². The van der Waals surface area contributed by atoms with Crippen LogP contribution < -0.4 is 10.1 Å². The van der Waals surface area contributed by atoms with E-state index < -0.39 is 0 Å². The molecule has 25 heavy (non-hydrogen) atoms. The molecule has 1 aliphatic carbocycles. The molecule has 2 fully saturated rings. The second-order valence-electron chi connectivity index (χ2n) is 7.10. The van der Waals surface area contributed by atoms with Crippen molar-refractivity contribution in [1.82, 2.24) is 9.80 Å². The third kappa shape index (κ3) is 4.57. The number of nitrogens with zero attached hydrogens (tertiary/aromatic N) is 2. The Bertz CT molecular complexity index is 598. The largest absolute Gasteiger partial charge is 0.495 e. The van der Waals surface area contributed by atoms with Gasteiger partial charge in [-0.3, -0.25) is 0 Å². The highest BCUT2D eigenvalue weighted by molar-refractivity contribution is 7.80. The molecule has 1 N–H and O–H groups in total. The molecule has 0 amide bonds. The first kappa shape index (κ1) is 18.7. The summed E-state index contributed by atoms with van der Waals surface area (Å²) in [6.07, 6.45) is 7.85. The Morgan fingerprint density at radius 3 is 2.48 bits per heavy atom. The summed E-state index contributed by atoms with van der Waals surface area (Å²) >= 11 is 11.7. The molecule has 2 aliphatic rings. The minimum Gasteiger partial charge on any atom is -0.495 e. The molecule has 1 aromatic rings. The normalized spacial score (nSPS) is 19.4. The summed E-state index contributed by atoms with van der Waals surface area (Å²) in [7, 11) is 3.96. The summed E-state index contributed by atoms with van der Waals surface area (Å²) in [5, 5.41) is 4.73. The van der Waals surface area contributed by atoms with E-state index in [0.717, 1.165) is 35.7 Å². The van der Waals surface area contributed by atoms with Gasteiger partial charge < -0.3 is 19.9 Å². The van der Waals surface area contributed by atoms with Crippen molar-refractivity contribution >= 4 is 34.6 Å². The Morgan fingerprint density at radius 1 is 1.20 bits per heavy atom. The first-order chi connectivity index (χ1) is 12.1. The van der Waals surface area contributed by atoms with Crippen molar-refractivity contribution < 1.29 is 4.74 Å². The predicted octanol–water partition coefficient (Wildman–Crippen LogP) is 4.38. The minimum atomic E-state index is 0.669. The Balaban J connectivity index is 1.54. The average Bonchev–Trinajstić information content (AvgIpc) is 3.16. The van der Waals surface area contributed by atoms with Gasteiger partial charge in [0, 0.05) is 30.2 Å².